The summed E-state index contributed by atoms with van der Waals surface area (Å²) in [6, 6.07) is 5.31. The molecule has 0 aliphatic carbocycles. The Bertz CT molecular complexity index is 823. The van der Waals surface area contributed by atoms with E-state index in [1.165, 1.54) is 4.90 Å². The van der Waals surface area contributed by atoms with Gasteiger partial charge in [0.25, 0.3) is 0 Å². The molecule has 7 heteroatoms. The Hall–Kier alpha value is -2.67. The molecule has 2 rings (SSSR count). The molecule has 0 unspecified atom stereocenters. The van der Waals surface area contributed by atoms with Crippen LogP contribution >= 0.6 is 11.3 Å². The molecule has 0 aliphatic heterocycles. The first kappa shape index (κ1) is 17.7. The lowest BCUT2D eigenvalue weighted by Crippen LogP contribution is -2.33. The van der Waals surface area contributed by atoms with Crippen molar-refractivity contribution in [3.63, 3.8) is 0 Å². The Morgan fingerprint density at radius 3 is 2.92 bits per heavy atom. The van der Waals surface area contributed by atoms with Crippen LogP contribution < -0.4 is 10.5 Å². The summed E-state index contributed by atoms with van der Waals surface area (Å²) >= 11 is 1.56. The maximum absolute atomic E-state index is 11.1. The summed E-state index contributed by atoms with van der Waals surface area (Å²) in [5.41, 5.74) is 7.92. The van der Waals surface area contributed by atoms with Crippen molar-refractivity contribution < 1.29 is 9.53 Å². The number of amides is 2. The SMILES string of the molecule is C=N/C=C(\C=C(/C)CN(C)C(N)=O)c1nc2cc(OC)ccc2s1. The number of hydrogen-bond acceptors (Lipinski definition) is 5. The number of hydrogen-bond donors (Lipinski definition) is 1. The average Bonchev–Trinajstić information content (AvgIpc) is 2.97. The molecule has 1 heterocycles. The molecule has 0 fully saturated rings. The number of ether oxygens (including phenoxy) is 1. The third-order valence-corrected chi connectivity index (χ3v) is 4.42. The summed E-state index contributed by atoms with van der Waals surface area (Å²) in [5.74, 6) is 0.765. The highest BCUT2D eigenvalue weighted by molar-refractivity contribution is 7.19. The fourth-order valence-corrected chi connectivity index (χ4v) is 3.10. The Kier molecular flexibility index (Phi) is 5.70. The molecule has 2 N–H and O–H groups in total. The first-order chi connectivity index (χ1) is 11.4. The van der Waals surface area contributed by atoms with Gasteiger partial charge in [-0.25, -0.2) is 9.78 Å². The predicted octanol–water partition coefficient (Wildman–Crippen LogP) is 3.30. The molecule has 1 aromatic heterocycles. The van der Waals surface area contributed by atoms with Crippen LogP contribution in [0.2, 0.25) is 0 Å². The summed E-state index contributed by atoms with van der Waals surface area (Å²) in [6.45, 7) is 5.88. The molecule has 0 saturated carbocycles. The Morgan fingerprint density at radius 1 is 1.54 bits per heavy atom. The van der Waals surface area contributed by atoms with Crippen LogP contribution in [0, 0.1) is 0 Å². The smallest absolute Gasteiger partial charge is 0.314 e. The standard InChI is InChI=1S/C17H20N4O2S/c1-11(10-21(3)17(18)22)7-12(9-19-2)16-20-14-8-13(23-4)5-6-15(14)24-16/h5-9H,2,10H2,1,3-4H3,(H2,18,22)/b11-7+,12-9+. The van der Waals surface area contributed by atoms with Crippen molar-refractivity contribution >= 4 is 39.9 Å². The lowest BCUT2D eigenvalue weighted by atomic mass is 10.2. The monoisotopic (exact) mass is 344 g/mol. The van der Waals surface area contributed by atoms with E-state index in [-0.39, 0.29) is 0 Å². The number of allylic oxidation sites excluding steroid dienone is 2. The number of nitrogens with zero attached hydrogens (tertiary/aromatic N) is 3. The van der Waals surface area contributed by atoms with Crippen LogP contribution in [0.25, 0.3) is 15.8 Å². The zero-order valence-corrected chi connectivity index (χ0v) is 14.8. The fraction of sp³-hybridized carbons (Fsp3) is 0.235. The van der Waals surface area contributed by atoms with E-state index in [0.29, 0.717) is 6.54 Å². The van der Waals surface area contributed by atoms with Crippen LogP contribution in [-0.2, 0) is 0 Å². The van der Waals surface area contributed by atoms with Crippen molar-refractivity contribution in [3.8, 4) is 5.75 Å². The zero-order valence-electron chi connectivity index (χ0n) is 13.9. The molecule has 0 saturated heterocycles. The van der Waals surface area contributed by atoms with E-state index in [0.717, 1.165) is 32.1 Å². The molecule has 2 amide bonds. The van der Waals surface area contributed by atoms with Gasteiger partial charge in [0.1, 0.15) is 10.8 Å². The van der Waals surface area contributed by atoms with Gasteiger partial charge in [0.15, 0.2) is 0 Å². The molecule has 6 nitrogen and oxygen atoms in total. The molecule has 24 heavy (non-hydrogen) atoms. The highest BCUT2D eigenvalue weighted by atomic mass is 32.1. The van der Waals surface area contributed by atoms with E-state index < -0.39 is 6.03 Å². The molecular weight excluding hydrogens is 324 g/mol. The largest absolute Gasteiger partial charge is 0.497 e. The number of thiazole rings is 1. The van der Waals surface area contributed by atoms with Gasteiger partial charge in [0.05, 0.1) is 17.3 Å². The van der Waals surface area contributed by atoms with Crippen LogP contribution in [0.15, 0.2) is 41.0 Å². The van der Waals surface area contributed by atoms with Crippen molar-refractivity contribution in [2.45, 2.75) is 6.92 Å². The summed E-state index contributed by atoms with van der Waals surface area (Å²) in [7, 11) is 3.28. The van der Waals surface area contributed by atoms with Gasteiger partial charge in [-0.15, -0.1) is 11.3 Å². The van der Waals surface area contributed by atoms with Crippen LogP contribution in [0.5, 0.6) is 5.75 Å². The van der Waals surface area contributed by atoms with Crippen LogP contribution in [0.3, 0.4) is 0 Å². The first-order valence-electron chi connectivity index (χ1n) is 7.23. The average molecular weight is 344 g/mol. The van der Waals surface area contributed by atoms with E-state index in [9.17, 15) is 4.79 Å². The van der Waals surface area contributed by atoms with Crippen LogP contribution in [0.4, 0.5) is 4.79 Å². The van der Waals surface area contributed by atoms with Crippen molar-refractivity contribution in [1.82, 2.24) is 9.88 Å². The maximum atomic E-state index is 11.1. The van der Waals surface area contributed by atoms with Gasteiger partial charge in [0, 0.05) is 31.4 Å². The molecule has 1 aromatic carbocycles. The number of aromatic nitrogens is 1. The Labute approximate surface area is 145 Å². The molecule has 2 aromatic rings. The first-order valence-corrected chi connectivity index (χ1v) is 8.05. The third-order valence-electron chi connectivity index (χ3n) is 3.34. The Balaban J connectivity index is 2.35. The minimum absolute atomic E-state index is 0.433. The summed E-state index contributed by atoms with van der Waals surface area (Å²) in [4.78, 5) is 21.1. The van der Waals surface area contributed by atoms with Gasteiger partial charge in [0.2, 0.25) is 0 Å². The fourth-order valence-electron chi connectivity index (χ4n) is 2.17. The molecule has 0 aliphatic rings. The number of rotatable bonds is 6. The molecule has 126 valence electrons. The number of carbonyl (C=O) groups excluding carboxylic acids is 1. The number of methoxy groups -OCH3 is 1. The van der Waals surface area contributed by atoms with E-state index >= 15 is 0 Å². The normalized spacial score (nSPS) is 12.3. The Morgan fingerprint density at radius 2 is 2.29 bits per heavy atom. The molecule has 0 bridgehead atoms. The second kappa shape index (κ2) is 7.74. The van der Waals surface area contributed by atoms with Crippen molar-refractivity contribution in [3.05, 3.63) is 41.1 Å². The van der Waals surface area contributed by atoms with Crippen molar-refractivity contribution in [2.75, 3.05) is 20.7 Å². The lowest BCUT2D eigenvalue weighted by molar-refractivity contribution is 0.222. The zero-order chi connectivity index (χ0) is 17.7. The number of carbonyl (C=O) groups is 1. The van der Waals surface area contributed by atoms with Gasteiger partial charge in [-0.1, -0.05) is 5.57 Å². The number of aliphatic imine (C=N–C) groups is 1. The third kappa shape index (κ3) is 4.20. The second-order valence-corrected chi connectivity index (χ2v) is 6.34. The highest BCUT2D eigenvalue weighted by Gasteiger charge is 2.10. The number of nitrogens with two attached hydrogens (primary N) is 1. The number of primary amides is 1. The summed E-state index contributed by atoms with van der Waals surface area (Å²) in [6.07, 6.45) is 3.59. The van der Waals surface area contributed by atoms with E-state index in [2.05, 4.69) is 16.7 Å². The van der Waals surface area contributed by atoms with E-state index in [1.54, 1.807) is 31.7 Å². The minimum atomic E-state index is -0.470. The molecule has 0 spiro atoms. The van der Waals surface area contributed by atoms with Gasteiger partial charge < -0.3 is 15.4 Å². The topological polar surface area (TPSA) is 80.8 Å². The van der Waals surface area contributed by atoms with Crippen LogP contribution in [-0.4, -0.2) is 43.3 Å². The van der Waals surface area contributed by atoms with Crippen molar-refractivity contribution in [1.29, 1.82) is 0 Å². The highest BCUT2D eigenvalue weighted by Crippen LogP contribution is 2.30. The van der Waals surface area contributed by atoms with Gasteiger partial charge in [-0.05, 0) is 31.9 Å². The predicted molar refractivity (Wildman–Crippen MR) is 99.7 cm³/mol. The quantitative estimate of drug-likeness (QED) is 0.645. The summed E-state index contributed by atoms with van der Waals surface area (Å²) in [5, 5.41) is 0.826. The van der Waals surface area contributed by atoms with E-state index in [1.807, 2.05) is 31.2 Å². The maximum Gasteiger partial charge on any atom is 0.314 e. The van der Waals surface area contributed by atoms with Crippen molar-refractivity contribution in [2.24, 2.45) is 10.7 Å². The lowest BCUT2D eigenvalue weighted by Gasteiger charge is -2.14. The minimum Gasteiger partial charge on any atom is -0.497 e. The van der Waals surface area contributed by atoms with Gasteiger partial charge >= 0.3 is 6.03 Å². The molecular formula is C17H20N4O2S. The number of urea groups is 1. The number of likely N-dealkylation sites (N-methyl/N-ethyl adjacent to an activating group) is 1. The number of fused-ring (bicyclic) bond motifs is 1. The van der Waals surface area contributed by atoms with Gasteiger partial charge in [-0.2, -0.15) is 0 Å². The van der Waals surface area contributed by atoms with Gasteiger partial charge in [-0.3, -0.25) is 4.99 Å². The number of benzene rings is 1. The summed E-state index contributed by atoms with van der Waals surface area (Å²) < 4.78 is 6.29. The molecule has 0 atom stereocenters. The van der Waals surface area contributed by atoms with Crippen LogP contribution in [0.1, 0.15) is 11.9 Å². The second-order valence-electron chi connectivity index (χ2n) is 5.30. The van der Waals surface area contributed by atoms with E-state index in [4.69, 9.17) is 10.5 Å². The molecule has 0 radical (unpaired) electrons.